The van der Waals surface area contributed by atoms with Crippen molar-refractivity contribution in [3.8, 4) is 5.75 Å². The lowest BCUT2D eigenvalue weighted by atomic mass is 10.1. The molecule has 2 aliphatic rings. The first-order valence-corrected chi connectivity index (χ1v) is 10.5. The predicted octanol–water partition coefficient (Wildman–Crippen LogP) is 3.32. The predicted molar refractivity (Wildman–Crippen MR) is 115 cm³/mol. The van der Waals surface area contributed by atoms with Crippen LogP contribution in [0.15, 0.2) is 48.5 Å². The topological polar surface area (TPSA) is 110 Å². The number of amides is 3. The van der Waals surface area contributed by atoms with Crippen molar-refractivity contribution in [2.75, 3.05) is 12.0 Å². The van der Waals surface area contributed by atoms with Gasteiger partial charge in [-0.2, -0.15) is 0 Å². The fourth-order valence-corrected chi connectivity index (χ4v) is 4.48. The number of non-ortho nitro benzene ring substituents is 1. The van der Waals surface area contributed by atoms with E-state index in [9.17, 15) is 24.5 Å². The minimum Gasteiger partial charge on any atom is -0.497 e. The summed E-state index contributed by atoms with van der Waals surface area (Å²) in [6, 6.07) is 10.9. The normalized spacial score (nSPS) is 18.8. The van der Waals surface area contributed by atoms with E-state index in [4.69, 9.17) is 4.74 Å². The highest BCUT2D eigenvalue weighted by Gasteiger charge is 2.47. The molecule has 0 bridgehead atoms. The van der Waals surface area contributed by atoms with Crippen LogP contribution < -0.4 is 9.64 Å². The summed E-state index contributed by atoms with van der Waals surface area (Å²) in [6.45, 7) is 0. The molecule has 0 spiro atoms. The van der Waals surface area contributed by atoms with Gasteiger partial charge in [-0.3, -0.25) is 24.5 Å². The van der Waals surface area contributed by atoms with Crippen LogP contribution in [0.4, 0.5) is 11.4 Å². The maximum absolute atomic E-state index is 13.5. The molecule has 0 N–H and O–H groups in total. The van der Waals surface area contributed by atoms with Crippen LogP contribution in [-0.4, -0.2) is 46.7 Å². The summed E-state index contributed by atoms with van der Waals surface area (Å²) >= 11 is 0. The third kappa shape index (κ3) is 3.93. The molecule has 2 fully saturated rings. The van der Waals surface area contributed by atoms with Crippen LogP contribution in [-0.2, 0) is 9.59 Å². The van der Waals surface area contributed by atoms with Crippen LogP contribution >= 0.6 is 0 Å². The lowest BCUT2D eigenvalue weighted by molar-refractivity contribution is -0.384. The number of methoxy groups -OCH3 is 1. The van der Waals surface area contributed by atoms with Gasteiger partial charge in [0.2, 0.25) is 5.91 Å². The molecule has 0 aromatic heterocycles. The molecule has 1 heterocycles. The van der Waals surface area contributed by atoms with Crippen molar-refractivity contribution in [3.63, 3.8) is 0 Å². The number of ether oxygens (including phenoxy) is 1. The van der Waals surface area contributed by atoms with E-state index in [1.54, 1.807) is 24.3 Å². The van der Waals surface area contributed by atoms with Crippen molar-refractivity contribution in [1.82, 2.24) is 4.90 Å². The highest BCUT2D eigenvalue weighted by atomic mass is 16.6. The minimum atomic E-state index is -0.945. The highest BCUT2D eigenvalue weighted by molar-refractivity contribution is 6.23. The number of nitrogens with zero attached hydrogens (tertiary/aromatic N) is 3. The summed E-state index contributed by atoms with van der Waals surface area (Å²) in [5.74, 6) is -0.730. The smallest absolute Gasteiger partial charge is 0.270 e. The van der Waals surface area contributed by atoms with Gasteiger partial charge in [-0.25, -0.2) is 4.90 Å². The second kappa shape index (κ2) is 8.78. The van der Waals surface area contributed by atoms with Crippen molar-refractivity contribution >= 4 is 29.1 Å². The Morgan fingerprint density at radius 1 is 1.12 bits per heavy atom. The van der Waals surface area contributed by atoms with Gasteiger partial charge in [0.1, 0.15) is 11.8 Å². The van der Waals surface area contributed by atoms with E-state index in [2.05, 4.69) is 0 Å². The molecule has 1 atom stereocenters. The molecule has 4 rings (SSSR count). The number of anilines is 1. The number of benzene rings is 2. The van der Waals surface area contributed by atoms with Crippen LogP contribution in [0, 0.1) is 10.1 Å². The zero-order valence-corrected chi connectivity index (χ0v) is 17.6. The minimum absolute atomic E-state index is 0.123. The van der Waals surface area contributed by atoms with Crippen molar-refractivity contribution in [1.29, 1.82) is 0 Å². The Bertz CT molecular complexity index is 1060. The molecule has 2 aromatic carbocycles. The van der Waals surface area contributed by atoms with Gasteiger partial charge in [-0.05, 0) is 43.2 Å². The number of nitro benzene ring substituents is 1. The molecule has 1 aliphatic carbocycles. The fourth-order valence-electron chi connectivity index (χ4n) is 4.48. The molecule has 1 saturated carbocycles. The summed E-state index contributed by atoms with van der Waals surface area (Å²) in [5.41, 5.74) is 0.350. The van der Waals surface area contributed by atoms with E-state index < -0.39 is 22.8 Å². The Balaban J connectivity index is 1.67. The Morgan fingerprint density at radius 2 is 1.81 bits per heavy atom. The zero-order chi connectivity index (χ0) is 22.8. The third-order valence-corrected chi connectivity index (χ3v) is 6.05. The van der Waals surface area contributed by atoms with Gasteiger partial charge in [0.05, 0.1) is 24.1 Å². The van der Waals surface area contributed by atoms with Gasteiger partial charge in [0.15, 0.2) is 0 Å². The van der Waals surface area contributed by atoms with E-state index in [0.717, 1.165) is 30.6 Å². The Labute approximate surface area is 184 Å². The van der Waals surface area contributed by atoms with Crippen LogP contribution in [0.1, 0.15) is 42.5 Å². The monoisotopic (exact) mass is 437 g/mol. The summed E-state index contributed by atoms with van der Waals surface area (Å²) < 4.78 is 5.13. The van der Waals surface area contributed by atoms with Crippen molar-refractivity contribution < 1.29 is 24.0 Å². The quantitative estimate of drug-likeness (QED) is 0.390. The lowest BCUT2D eigenvalue weighted by Gasteiger charge is -2.33. The number of hydrogen-bond acceptors (Lipinski definition) is 6. The molecule has 3 amide bonds. The van der Waals surface area contributed by atoms with Gasteiger partial charge in [0.25, 0.3) is 17.5 Å². The highest BCUT2D eigenvalue weighted by Crippen LogP contribution is 2.33. The van der Waals surface area contributed by atoms with E-state index in [-0.39, 0.29) is 29.6 Å². The summed E-state index contributed by atoms with van der Waals surface area (Å²) in [4.78, 5) is 52.8. The standard InChI is InChI=1S/C23H23N3O6/c1-32-19-11-9-17(10-12-19)25-21(27)14-20(23(25)29)24(16-6-2-3-7-16)22(28)15-5-4-8-18(13-15)26(30)31/h4-5,8-13,16,20H,2-3,6-7,14H2,1H3. The maximum Gasteiger partial charge on any atom is 0.270 e. The first-order valence-electron chi connectivity index (χ1n) is 10.5. The molecular formula is C23H23N3O6. The second-order valence-electron chi connectivity index (χ2n) is 7.94. The summed E-state index contributed by atoms with van der Waals surface area (Å²) in [7, 11) is 1.52. The van der Waals surface area contributed by atoms with Gasteiger partial charge >= 0.3 is 0 Å². The molecule has 166 valence electrons. The average molecular weight is 437 g/mol. The second-order valence-corrected chi connectivity index (χ2v) is 7.94. The van der Waals surface area contributed by atoms with Crippen LogP contribution in [0.25, 0.3) is 0 Å². The number of nitro groups is 1. The largest absolute Gasteiger partial charge is 0.497 e. The van der Waals surface area contributed by atoms with Crippen LogP contribution in [0.5, 0.6) is 5.75 Å². The van der Waals surface area contributed by atoms with Gasteiger partial charge in [-0.1, -0.05) is 18.9 Å². The first-order chi connectivity index (χ1) is 15.4. The summed E-state index contributed by atoms with van der Waals surface area (Å²) in [5, 5.41) is 11.2. The lowest BCUT2D eigenvalue weighted by Crippen LogP contribution is -2.50. The zero-order valence-electron chi connectivity index (χ0n) is 17.6. The number of hydrogen-bond donors (Lipinski definition) is 0. The van der Waals surface area contributed by atoms with Crippen molar-refractivity contribution in [3.05, 3.63) is 64.2 Å². The molecule has 1 unspecified atom stereocenters. The molecular weight excluding hydrogens is 414 g/mol. The molecule has 1 saturated heterocycles. The number of carbonyl (C=O) groups is 3. The summed E-state index contributed by atoms with van der Waals surface area (Å²) in [6.07, 6.45) is 3.16. The third-order valence-electron chi connectivity index (χ3n) is 6.05. The van der Waals surface area contributed by atoms with Crippen LogP contribution in [0.3, 0.4) is 0 Å². The number of imide groups is 1. The first kappa shape index (κ1) is 21.5. The number of rotatable bonds is 6. The van der Waals surface area contributed by atoms with E-state index >= 15 is 0 Å². The molecule has 2 aromatic rings. The van der Waals surface area contributed by atoms with Crippen molar-refractivity contribution in [2.24, 2.45) is 0 Å². The Kier molecular flexibility index (Phi) is 5.89. The average Bonchev–Trinajstić information content (AvgIpc) is 3.42. The number of carbonyl (C=O) groups excluding carboxylic acids is 3. The fraction of sp³-hybridized carbons (Fsp3) is 0.348. The molecule has 0 radical (unpaired) electrons. The molecule has 32 heavy (non-hydrogen) atoms. The van der Waals surface area contributed by atoms with E-state index in [1.165, 1.54) is 36.3 Å². The van der Waals surface area contributed by atoms with Gasteiger partial charge in [0, 0.05) is 23.7 Å². The molecule has 9 heteroatoms. The maximum atomic E-state index is 13.5. The van der Waals surface area contributed by atoms with Gasteiger partial charge in [-0.15, -0.1) is 0 Å². The molecule has 1 aliphatic heterocycles. The van der Waals surface area contributed by atoms with E-state index in [0.29, 0.717) is 11.4 Å². The SMILES string of the molecule is COc1ccc(N2C(=O)CC(N(C(=O)c3cccc([N+](=O)[O-])c3)C3CCCC3)C2=O)cc1. The van der Waals surface area contributed by atoms with Crippen LogP contribution in [0.2, 0.25) is 0 Å². The molecule has 9 nitrogen and oxygen atoms in total. The van der Waals surface area contributed by atoms with Crippen molar-refractivity contribution in [2.45, 2.75) is 44.2 Å². The van der Waals surface area contributed by atoms with E-state index in [1.807, 2.05) is 0 Å². The van der Waals surface area contributed by atoms with Gasteiger partial charge < -0.3 is 9.64 Å². The Hall–Kier alpha value is -3.75. The Morgan fingerprint density at radius 3 is 2.44 bits per heavy atom.